The van der Waals surface area contributed by atoms with E-state index in [1.807, 2.05) is 6.20 Å². The number of hydrogen-bond donors (Lipinski definition) is 1. The molecule has 6 rings (SSSR count). The number of hydrogen-bond acceptors (Lipinski definition) is 5. The van der Waals surface area contributed by atoms with E-state index in [0.717, 1.165) is 23.1 Å². The molecule has 0 radical (unpaired) electrons. The van der Waals surface area contributed by atoms with E-state index in [1.54, 1.807) is 17.8 Å². The molecule has 0 bridgehead atoms. The lowest BCUT2D eigenvalue weighted by Crippen LogP contribution is -2.24. The Morgan fingerprint density at radius 1 is 1.14 bits per heavy atom. The zero-order valence-electron chi connectivity index (χ0n) is 19.6. The summed E-state index contributed by atoms with van der Waals surface area (Å²) in [6.07, 6.45) is 1.29. The lowest BCUT2D eigenvalue weighted by Gasteiger charge is -2.18. The molecule has 4 aromatic rings. The van der Waals surface area contributed by atoms with Crippen molar-refractivity contribution >= 4 is 11.7 Å². The molecule has 4 heterocycles. The van der Waals surface area contributed by atoms with Crippen LogP contribution in [0, 0.1) is 12.7 Å². The molecular weight excluding hydrogens is 490 g/mol. The van der Waals surface area contributed by atoms with Gasteiger partial charge in [0, 0.05) is 18.5 Å². The van der Waals surface area contributed by atoms with Gasteiger partial charge in [0.2, 0.25) is 0 Å². The number of alkyl halides is 3. The number of pyridine rings is 1. The van der Waals surface area contributed by atoms with Crippen LogP contribution in [0.5, 0.6) is 0 Å². The maximum absolute atomic E-state index is 14.8. The average molecular weight is 511 g/mol. The molecule has 1 amide bonds. The van der Waals surface area contributed by atoms with Crippen LogP contribution >= 0.6 is 0 Å². The molecule has 1 N–H and O–H groups in total. The Balaban J connectivity index is 1.28. The first-order valence-corrected chi connectivity index (χ1v) is 11.8. The molecule has 1 fully saturated rings. The average Bonchev–Trinajstić information content (AvgIpc) is 3.23. The van der Waals surface area contributed by atoms with Crippen LogP contribution in [0.4, 0.5) is 23.4 Å². The zero-order valence-corrected chi connectivity index (χ0v) is 19.6. The Bertz CT molecular complexity index is 1520. The quantitative estimate of drug-likeness (QED) is 0.374. The molecule has 1 atom stereocenters. The third-order valence-electron chi connectivity index (χ3n) is 6.72. The van der Waals surface area contributed by atoms with Crippen LogP contribution in [0.1, 0.15) is 58.7 Å². The predicted molar refractivity (Wildman–Crippen MR) is 125 cm³/mol. The summed E-state index contributed by atoms with van der Waals surface area (Å²) in [5.41, 5.74) is 2.13. The van der Waals surface area contributed by atoms with Gasteiger partial charge in [0.05, 0.1) is 23.3 Å². The van der Waals surface area contributed by atoms with Crippen molar-refractivity contribution in [1.29, 1.82) is 0 Å². The largest absolute Gasteiger partial charge is 0.409 e. The standard InChI is InChI=1S/C25H21F4N7O/c1-13-9-16(26)15(10-19(13)35-11-18(30-12-35)14-5-6-14)24(37)32-21-4-2-3-17(31-21)23-34-33-22-8-7-20(36(22)23)25(27,28)29/h2-4,9-12,14,20H,5-8H2,1H3,(H,31,32,37). The first-order valence-electron chi connectivity index (χ1n) is 11.8. The van der Waals surface area contributed by atoms with Crippen molar-refractivity contribution in [3.05, 3.63) is 71.3 Å². The molecule has 190 valence electrons. The van der Waals surface area contributed by atoms with Crippen LogP contribution in [0.15, 0.2) is 42.9 Å². The van der Waals surface area contributed by atoms with Crippen molar-refractivity contribution in [3.8, 4) is 17.2 Å². The molecule has 1 aliphatic heterocycles. The van der Waals surface area contributed by atoms with E-state index in [1.165, 1.54) is 30.3 Å². The van der Waals surface area contributed by atoms with E-state index in [0.29, 0.717) is 17.2 Å². The smallest absolute Gasteiger partial charge is 0.306 e. The normalized spacial score (nSPS) is 17.2. The number of carbonyl (C=O) groups excluding carboxylic acids is 1. The first kappa shape index (κ1) is 23.3. The summed E-state index contributed by atoms with van der Waals surface area (Å²) in [5, 5.41) is 10.3. The molecule has 1 aliphatic carbocycles. The Hall–Kier alpha value is -4.09. The minimum atomic E-state index is -4.45. The summed E-state index contributed by atoms with van der Waals surface area (Å²) in [5.74, 6) is -0.776. The summed E-state index contributed by atoms with van der Waals surface area (Å²) in [7, 11) is 0. The fourth-order valence-electron chi connectivity index (χ4n) is 4.69. The molecule has 0 spiro atoms. The second-order valence-electron chi connectivity index (χ2n) is 9.37. The van der Waals surface area contributed by atoms with Crippen molar-refractivity contribution in [3.63, 3.8) is 0 Å². The van der Waals surface area contributed by atoms with E-state index in [4.69, 9.17) is 0 Å². The number of amides is 1. The second-order valence-corrected chi connectivity index (χ2v) is 9.37. The monoisotopic (exact) mass is 511 g/mol. The van der Waals surface area contributed by atoms with Crippen LogP contribution in [0.2, 0.25) is 0 Å². The lowest BCUT2D eigenvalue weighted by atomic mass is 10.1. The van der Waals surface area contributed by atoms with Gasteiger partial charge in [-0.15, -0.1) is 10.2 Å². The number of imidazole rings is 1. The summed E-state index contributed by atoms with van der Waals surface area (Å²) in [6, 6.07) is 5.47. The van der Waals surface area contributed by atoms with E-state index >= 15 is 0 Å². The Labute approximate surface area is 208 Å². The van der Waals surface area contributed by atoms with Gasteiger partial charge in [0.25, 0.3) is 5.91 Å². The van der Waals surface area contributed by atoms with Gasteiger partial charge < -0.3 is 9.88 Å². The maximum atomic E-state index is 14.8. The fourth-order valence-corrected chi connectivity index (χ4v) is 4.69. The topological polar surface area (TPSA) is 90.5 Å². The molecule has 0 saturated heterocycles. The summed E-state index contributed by atoms with van der Waals surface area (Å²) in [6.45, 7) is 1.74. The third-order valence-corrected chi connectivity index (χ3v) is 6.72. The minimum Gasteiger partial charge on any atom is -0.306 e. The van der Waals surface area contributed by atoms with Gasteiger partial charge in [-0.25, -0.2) is 14.4 Å². The number of aryl methyl sites for hydroxylation is 2. The van der Waals surface area contributed by atoms with Crippen LogP contribution in [0.25, 0.3) is 17.2 Å². The second kappa shape index (κ2) is 8.49. The molecule has 1 unspecified atom stereocenters. The van der Waals surface area contributed by atoms with Gasteiger partial charge in [-0.3, -0.25) is 9.36 Å². The number of anilines is 1. The molecular formula is C25H21F4N7O. The highest BCUT2D eigenvalue weighted by molar-refractivity contribution is 6.04. The van der Waals surface area contributed by atoms with E-state index < -0.39 is 23.9 Å². The highest BCUT2D eigenvalue weighted by atomic mass is 19.4. The lowest BCUT2D eigenvalue weighted by molar-refractivity contribution is -0.165. The number of nitrogens with one attached hydrogen (secondary N) is 1. The molecule has 3 aromatic heterocycles. The maximum Gasteiger partial charge on any atom is 0.409 e. The van der Waals surface area contributed by atoms with Gasteiger partial charge in [-0.2, -0.15) is 13.2 Å². The van der Waals surface area contributed by atoms with Crippen molar-refractivity contribution < 1.29 is 22.4 Å². The Morgan fingerprint density at radius 2 is 1.95 bits per heavy atom. The molecule has 1 saturated carbocycles. The molecule has 1 aromatic carbocycles. The van der Waals surface area contributed by atoms with Gasteiger partial charge >= 0.3 is 6.18 Å². The zero-order chi connectivity index (χ0) is 25.9. The molecule has 8 nitrogen and oxygen atoms in total. The van der Waals surface area contributed by atoms with Crippen molar-refractivity contribution in [1.82, 2.24) is 29.3 Å². The number of halogens is 4. The van der Waals surface area contributed by atoms with Crippen molar-refractivity contribution in [2.75, 3.05) is 5.32 Å². The van der Waals surface area contributed by atoms with E-state index in [-0.39, 0.29) is 41.6 Å². The molecule has 2 aliphatic rings. The highest BCUT2D eigenvalue weighted by Crippen LogP contribution is 2.41. The Morgan fingerprint density at radius 3 is 2.70 bits per heavy atom. The van der Waals surface area contributed by atoms with Gasteiger partial charge in [0.1, 0.15) is 29.2 Å². The first-order chi connectivity index (χ1) is 17.7. The number of fused-ring (bicyclic) bond motifs is 1. The van der Waals surface area contributed by atoms with E-state index in [2.05, 4.69) is 25.5 Å². The van der Waals surface area contributed by atoms with Gasteiger partial charge in [-0.05, 0) is 56.0 Å². The molecule has 37 heavy (non-hydrogen) atoms. The number of benzene rings is 1. The summed E-state index contributed by atoms with van der Waals surface area (Å²) < 4.78 is 58.2. The van der Waals surface area contributed by atoms with Crippen LogP contribution in [0.3, 0.4) is 0 Å². The van der Waals surface area contributed by atoms with Crippen molar-refractivity contribution in [2.45, 2.75) is 50.7 Å². The summed E-state index contributed by atoms with van der Waals surface area (Å²) in [4.78, 5) is 21.7. The van der Waals surface area contributed by atoms with Crippen molar-refractivity contribution in [2.24, 2.45) is 0 Å². The minimum absolute atomic E-state index is 0.0405. The SMILES string of the molecule is Cc1cc(F)c(C(=O)Nc2cccc(-c3nnc4n3C(C(F)(F)F)CC4)n2)cc1-n1cnc(C2CC2)c1. The van der Waals surface area contributed by atoms with Crippen LogP contribution < -0.4 is 5.32 Å². The van der Waals surface area contributed by atoms with Crippen LogP contribution in [-0.2, 0) is 6.42 Å². The highest BCUT2D eigenvalue weighted by Gasteiger charge is 2.46. The Kier molecular flexibility index (Phi) is 5.35. The van der Waals surface area contributed by atoms with E-state index in [9.17, 15) is 22.4 Å². The predicted octanol–water partition coefficient (Wildman–Crippen LogP) is 5.15. The van der Waals surface area contributed by atoms with Crippen LogP contribution in [-0.4, -0.2) is 41.4 Å². The number of carbonyl (C=O) groups is 1. The number of aromatic nitrogens is 6. The summed E-state index contributed by atoms with van der Waals surface area (Å²) >= 11 is 0. The van der Waals surface area contributed by atoms with Gasteiger partial charge in [-0.1, -0.05) is 6.07 Å². The number of nitrogens with zero attached hydrogens (tertiary/aromatic N) is 6. The van der Waals surface area contributed by atoms with Gasteiger partial charge in [0.15, 0.2) is 5.82 Å². The molecule has 12 heteroatoms. The fraction of sp³-hybridized carbons (Fsp3) is 0.320. The third kappa shape index (κ3) is 4.25. The number of rotatable bonds is 5.